The third-order valence-corrected chi connectivity index (χ3v) is 3.37. The minimum atomic E-state index is 0.249. The zero-order chi connectivity index (χ0) is 12.4. The van der Waals surface area contributed by atoms with Crippen LogP contribution < -0.4 is 0 Å². The average Bonchev–Trinajstić information content (AvgIpc) is 3.08. The summed E-state index contributed by atoms with van der Waals surface area (Å²) < 4.78 is 5.53. The van der Waals surface area contributed by atoms with Crippen LogP contribution >= 0.6 is 0 Å². The molecule has 6 heteroatoms. The largest absolute Gasteiger partial charge is 0.448 e. The summed E-state index contributed by atoms with van der Waals surface area (Å²) in [5.41, 5.74) is 1.29. The normalized spacial score (nSPS) is 16.6. The van der Waals surface area contributed by atoms with Crippen LogP contribution in [-0.4, -0.2) is 20.4 Å². The molecular formula is C12H13N5O. The summed E-state index contributed by atoms with van der Waals surface area (Å²) in [6.07, 6.45) is 7.58. The standard InChI is InChI=1S/C12H13N5O/c13-6-9-11(16-17-15-9)10-7-18-12(14-10)8-4-2-1-3-5-8/h7-8H,1-5H2,(H,15,16,17). The van der Waals surface area contributed by atoms with Gasteiger partial charge in [-0.05, 0) is 12.8 Å². The van der Waals surface area contributed by atoms with Crippen molar-refractivity contribution >= 4 is 0 Å². The molecule has 3 rings (SSSR count). The highest BCUT2D eigenvalue weighted by Gasteiger charge is 2.22. The van der Waals surface area contributed by atoms with Crippen LogP contribution in [0.5, 0.6) is 0 Å². The second-order valence-electron chi connectivity index (χ2n) is 4.54. The van der Waals surface area contributed by atoms with E-state index in [0.29, 0.717) is 17.3 Å². The van der Waals surface area contributed by atoms with Gasteiger partial charge in [0, 0.05) is 5.92 Å². The molecule has 2 aromatic rings. The summed E-state index contributed by atoms with van der Waals surface area (Å²) in [6, 6.07) is 1.98. The number of aromatic amines is 1. The average molecular weight is 243 g/mol. The fourth-order valence-corrected chi connectivity index (χ4v) is 2.42. The highest BCUT2D eigenvalue weighted by molar-refractivity contribution is 5.58. The van der Waals surface area contributed by atoms with Gasteiger partial charge in [0.05, 0.1) is 0 Å². The van der Waals surface area contributed by atoms with E-state index in [1.807, 2.05) is 6.07 Å². The molecule has 0 aliphatic heterocycles. The molecule has 92 valence electrons. The predicted molar refractivity (Wildman–Crippen MR) is 62.4 cm³/mol. The summed E-state index contributed by atoms with van der Waals surface area (Å²) in [7, 11) is 0. The maximum absolute atomic E-state index is 8.89. The molecule has 0 amide bonds. The minimum Gasteiger partial charge on any atom is -0.448 e. The Balaban J connectivity index is 1.87. The number of nitrogens with one attached hydrogen (secondary N) is 1. The van der Waals surface area contributed by atoms with Crippen LogP contribution in [-0.2, 0) is 0 Å². The number of hydrogen-bond donors (Lipinski definition) is 1. The van der Waals surface area contributed by atoms with Crippen molar-refractivity contribution in [1.82, 2.24) is 20.4 Å². The molecule has 2 heterocycles. The number of aromatic nitrogens is 4. The van der Waals surface area contributed by atoms with Crippen molar-refractivity contribution in [2.45, 2.75) is 38.0 Å². The number of nitriles is 1. The summed E-state index contributed by atoms with van der Waals surface area (Å²) in [5, 5.41) is 19.0. The molecule has 0 aromatic carbocycles. The molecule has 0 radical (unpaired) electrons. The number of hydrogen-bond acceptors (Lipinski definition) is 5. The maximum Gasteiger partial charge on any atom is 0.197 e. The molecule has 1 aliphatic rings. The van der Waals surface area contributed by atoms with E-state index in [1.165, 1.54) is 19.3 Å². The number of rotatable bonds is 2. The van der Waals surface area contributed by atoms with Crippen molar-refractivity contribution in [2.24, 2.45) is 0 Å². The van der Waals surface area contributed by atoms with Crippen LogP contribution in [0.25, 0.3) is 11.4 Å². The monoisotopic (exact) mass is 243 g/mol. The van der Waals surface area contributed by atoms with Gasteiger partial charge in [0.15, 0.2) is 17.3 Å². The van der Waals surface area contributed by atoms with Crippen molar-refractivity contribution in [3.8, 4) is 17.5 Å². The molecule has 1 aliphatic carbocycles. The van der Waals surface area contributed by atoms with Gasteiger partial charge in [0.1, 0.15) is 18.0 Å². The number of H-pyrrole nitrogens is 1. The molecule has 18 heavy (non-hydrogen) atoms. The number of oxazole rings is 1. The Morgan fingerprint density at radius 2 is 2.11 bits per heavy atom. The van der Waals surface area contributed by atoms with E-state index in [1.54, 1.807) is 6.26 Å². The SMILES string of the molecule is N#Cc1n[nH]nc1-c1coc(C2CCCCC2)n1. The molecule has 6 nitrogen and oxygen atoms in total. The van der Waals surface area contributed by atoms with Crippen LogP contribution in [0.15, 0.2) is 10.7 Å². The predicted octanol–water partition coefficient (Wildman–Crippen LogP) is 2.38. The van der Waals surface area contributed by atoms with Gasteiger partial charge in [-0.25, -0.2) is 4.98 Å². The van der Waals surface area contributed by atoms with Gasteiger partial charge in [0.2, 0.25) is 0 Å². The summed E-state index contributed by atoms with van der Waals surface area (Å²) >= 11 is 0. The Morgan fingerprint density at radius 3 is 2.89 bits per heavy atom. The lowest BCUT2D eigenvalue weighted by Crippen LogP contribution is -2.04. The van der Waals surface area contributed by atoms with Gasteiger partial charge < -0.3 is 4.42 Å². The lowest BCUT2D eigenvalue weighted by atomic mass is 9.89. The first kappa shape index (κ1) is 11.0. The fraction of sp³-hybridized carbons (Fsp3) is 0.500. The second-order valence-corrected chi connectivity index (χ2v) is 4.54. The van der Waals surface area contributed by atoms with Crippen molar-refractivity contribution in [3.05, 3.63) is 17.8 Å². The highest BCUT2D eigenvalue weighted by atomic mass is 16.3. The van der Waals surface area contributed by atoms with Crippen LogP contribution in [0.2, 0.25) is 0 Å². The first-order chi connectivity index (χ1) is 8.88. The Morgan fingerprint density at radius 1 is 1.28 bits per heavy atom. The second kappa shape index (κ2) is 4.61. The van der Waals surface area contributed by atoms with Crippen LogP contribution in [0.1, 0.15) is 49.6 Å². The highest BCUT2D eigenvalue weighted by Crippen LogP contribution is 2.33. The third-order valence-electron chi connectivity index (χ3n) is 3.37. The molecule has 1 saturated carbocycles. The molecule has 1 N–H and O–H groups in total. The molecular weight excluding hydrogens is 230 g/mol. The Bertz CT molecular complexity index is 573. The molecule has 0 unspecified atom stereocenters. The van der Waals surface area contributed by atoms with E-state index >= 15 is 0 Å². The van der Waals surface area contributed by atoms with E-state index in [9.17, 15) is 0 Å². The topological polar surface area (TPSA) is 91.4 Å². The van der Waals surface area contributed by atoms with Crippen molar-refractivity contribution in [2.75, 3.05) is 0 Å². The summed E-state index contributed by atoms with van der Waals surface area (Å²) in [4.78, 5) is 4.44. The van der Waals surface area contributed by atoms with Crippen LogP contribution in [0, 0.1) is 11.3 Å². The fourth-order valence-electron chi connectivity index (χ4n) is 2.42. The van der Waals surface area contributed by atoms with Crippen molar-refractivity contribution in [3.63, 3.8) is 0 Å². The minimum absolute atomic E-state index is 0.249. The van der Waals surface area contributed by atoms with Gasteiger partial charge in [-0.15, -0.1) is 5.10 Å². The Labute approximate surface area is 104 Å². The first-order valence-electron chi connectivity index (χ1n) is 6.15. The third kappa shape index (κ3) is 1.88. The first-order valence-corrected chi connectivity index (χ1v) is 6.15. The lowest BCUT2D eigenvalue weighted by Gasteiger charge is -2.17. The van der Waals surface area contributed by atoms with Gasteiger partial charge in [-0.2, -0.15) is 15.6 Å². The maximum atomic E-state index is 8.89. The van der Waals surface area contributed by atoms with E-state index in [-0.39, 0.29) is 5.69 Å². The van der Waals surface area contributed by atoms with Crippen LogP contribution in [0.4, 0.5) is 0 Å². The van der Waals surface area contributed by atoms with E-state index in [2.05, 4.69) is 20.4 Å². The number of nitrogens with zero attached hydrogens (tertiary/aromatic N) is 4. The van der Waals surface area contributed by atoms with Gasteiger partial charge in [-0.1, -0.05) is 19.3 Å². The molecule has 2 aromatic heterocycles. The van der Waals surface area contributed by atoms with Gasteiger partial charge >= 0.3 is 0 Å². The molecule has 0 atom stereocenters. The molecule has 0 saturated heterocycles. The molecule has 1 fully saturated rings. The summed E-state index contributed by atoms with van der Waals surface area (Å²) in [5.74, 6) is 1.17. The quantitative estimate of drug-likeness (QED) is 0.874. The molecule has 0 spiro atoms. The van der Waals surface area contributed by atoms with E-state index in [0.717, 1.165) is 18.7 Å². The van der Waals surface area contributed by atoms with Crippen molar-refractivity contribution in [1.29, 1.82) is 5.26 Å². The zero-order valence-electron chi connectivity index (χ0n) is 9.89. The molecule has 0 bridgehead atoms. The smallest absolute Gasteiger partial charge is 0.197 e. The zero-order valence-corrected chi connectivity index (χ0v) is 9.89. The van der Waals surface area contributed by atoms with E-state index in [4.69, 9.17) is 9.68 Å². The van der Waals surface area contributed by atoms with Gasteiger partial charge in [0.25, 0.3) is 0 Å². The Kier molecular flexibility index (Phi) is 2.81. The van der Waals surface area contributed by atoms with Gasteiger partial charge in [-0.3, -0.25) is 0 Å². The Hall–Kier alpha value is -2.16. The van der Waals surface area contributed by atoms with Crippen molar-refractivity contribution < 1.29 is 4.42 Å². The summed E-state index contributed by atoms with van der Waals surface area (Å²) in [6.45, 7) is 0. The van der Waals surface area contributed by atoms with Crippen LogP contribution in [0.3, 0.4) is 0 Å². The van der Waals surface area contributed by atoms with E-state index < -0.39 is 0 Å². The lowest BCUT2D eigenvalue weighted by molar-refractivity contribution is 0.363.